The summed E-state index contributed by atoms with van der Waals surface area (Å²) in [7, 11) is -8.05. The van der Waals surface area contributed by atoms with Crippen LogP contribution in [0, 0.1) is 5.92 Å². The summed E-state index contributed by atoms with van der Waals surface area (Å²) in [6, 6.07) is 2.28. The second-order valence-corrected chi connectivity index (χ2v) is 11.9. The normalized spacial score (nSPS) is 22.7. The van der Waals surface area contributed by atoms with Crippen LogP contribution in [0.5, 0.6) is 0 Å². The highest BCUT2D eigenvalue weighted by atomic mass is 35.5. The van der Waals surface area contributed by atoms with Crippen LogP contribution in [0.1, 0.15) is 42.1 Å². The molecule has 1 heterocycles. The fraction of sp³-hybridized carbons (Fsp3) is 0.471. The van der Waals surface area contributed by atoms with Gasteiger partial charge in [-0.25, -0.2) is 16.8 Å². The van der Waals surface area contributed by atoms with E-state index in [1.165, 1.54) is 6.92 Å². The molecule has 2 aliphatic rings. The molecular weight excluding hydrogens is 416 g/mol. The molecule has 1 unspecified atom stereocenters. The maximum absolute atomic E-state index is 12.7. The molecule has 7 nitrogen and oxygen atoms in total. The van der Waals surface area contributed by atoms with Gasteiger partial charge in [0.2, 0.25) is 0 Å². The lowest BCUT2D eigenvalue weighted by Gasteiger charge is -2.19. The van der Waals surface area contributed by atoms with Crippen LogP contribution in [0.25, 0.3) is 0 Å². The number of carbonyl (C=O) groups is 3. The molecule has 0 spiro atoms. The minimum absolute atomic E-state index is 0.0419. The van der Waals surface area contributed by atoms with E-state index in [2.05, 4.69) is 0 Å². The van der Waals surface area contributed by atoms with E-state index in [-0.39, 0.29) is 46.1 Å². The summed E-state index contributed by atoms with van der Waals surface area (Å²) < 4.78 is 47.9. The fourth-order valence-corrected chi connectivity index (χ4v) is 8.43. The number of ketones is 3. The number of benzene rings is 1. The van der Waals surface area contributed by atoms with Crippen molar-refractivity contribution in [3.05, 3.63) is 28.3 Å². The number of sulfone groups is 2. The Bertz CT molecular complexity index is 1050. The van der Waals surface area contributed by atoms with Crippen LogP contribution in [0.4, 0.5) is 0 Å². The molecule has 1 saturated carbocycles. The standard InChI is InChI=1S/C17H17ClO7S2/c1-2-26(22,23)14-8-10-13(27(14,24)25)7-6-9(16(10)18)17(21)15-11(19)4-3-5-12(15)20/h6-7,14-15H,2-5,8H2,1H3. The van der Waals surface area contributed by atoms with Crippen LogP contribution in [0.2, 0.25) is 5.02 Å². The van der Waals surface area contributed by atoms with Gasteiger partial charge in [0.05, 0.1) is 9.92 Å². The first kappa shape index (κ1) is 20.2. The Labute approximate surface area is 161 Å². The SMILES string of the molecule is CCS(=O)(=O)C1Cc2c(ccc(C(=O)C3C(=O)CCCC3=O)c2Cl)S1(=O)=O. The van der Waals surface area contributed by atoms with E-state index in [9.17, 15) is 31.2 Å². The Balaban J connectivity index is 2.08. The monoisotopic (exact) mass is 432 g/mol. The summed E-state index contributed by atoms with van der Waals surface area (Å²) in [5, 5.41) is -0.207. The third kappa shape index (κ3) is 3.15. The topological polar surface area (TPSA) is 119 Å². The summed E-state index contributed by atoms with van der Waals surface area (Å²) in [5.74, 6) is -3.50. The first-order valence-corrected chi connectivity index (χ1v) is 12.0. The quantitative estimate of drug-likeness (QED) is 0.522. The zero-order valence-corrected chi connectivity index (χ0v) is 16.8. The highest BCUT2D eigenvalue weighted by Crippen LogP contribution is 2.40. The predicted octanol–water partition coefficient (Wildman–Crippen LogP) is 1.55. The molecule has 0 bridgehead atoms. The van der Waals surface area contributed by atoms with E-state index in [0.717, 1.165) is 12.1 Å². The number of hydrogen-bond donors (Lipinski definition) is 0. The van der Waals surface area contributed by atoms with Crippen molar-refractivity contribution in [1.82, 2.24) is 0 Å². The van der Waals surface area contributed by atoms with Gasteiger partial charge >= 0.3 is 0 Å². The van der Waals surface area contributed by atoms with Gasteiger partial charge in [0, 0.05) is 30.6 Å². The average Bonchev–Trinajstić information content (AvgIpc) is 2.87. The van der Waals surface area contributed by atoms with E-state index in [4.69, 9.17) is 11.6 Å². The summed E-state index contributed by atoms with van der Waals surface area (Å²) in [5.41, 5.74) is -0.0889. The molecule has 1 aliphatic heterocycles. The zero-order valence-electron chi connectivity index (χ0n) is 14.4. The second kappa shape index (κ2) is 6.79. The van der Waals surface area contributed by atoms with Gasteiger partial charge in [-0.2, -0.15) is 0 Å². The van der Waals surface area contributed by atoms with Gasteiger partial charge < -0.3 is 0 Å². The Morgan fingerprint density at radius 2 is 1.78 bits per heavy atom. The highest BCUT2D eigenvalue weighted by molar-refractivity contribution is 8.09. The van der Waals surface area contributed by atoms with E-state index in [0.29, 0.717) is 6.42 Å². The Kier molecular flexibility index (Phi) is 5.07. The number of hydrogen-bond acceptors (Lipinski definition) is 7. The van der Waals surface area contributed by atoms with Gasteiger partial charge in [-0.3, -0.25) is 14.4 Å². The molecule has 0 N–H and O–H groups in total. The van der Waals surface area contributed by atoms with Crippen LogP contribution in [-0.2, 0) is 35.7 Å². The summed E-state index contributed by atoms with van der Waals surface area (Å²) in [6.07, 6.45) is 0.278. The van der Waals surface area contributed by atoms with Crippen molar-refractivity contribution in [1.29, 1.82) is 0 Å². The number of rotatable bonds is 4. The zero-order chi connectivity index (χ0) is 20.1. The Morgan fingerprint density at radius 3 is 2.33 bits per heavy atom. The molecule has 10 heteroatoms. The molecule has 0 saturated heterocycles. The lowest BCUT2D eigenvalue weighted by Crippen LogP contribution is -2.35. The largest absolute Gasteiger partial charge is 0.298 e. The number of Topliss-reactive ketones (excluding diaryl/α,β-unsaturated/α-hetero) is 3. The minimum atomic E-state index is -4.15. The van der Waals surface area contributed by atoms with Crippen LogP contribution in [0.15, 0.2) is 17.0 Å². The third-order valence-electron chi connectivity index (χ3n) is 5.04. The molecule has 146 valence electrons. The predicted molar refractivity (Wildman–Crippen MR) is 97.3 cm³/mol. The molecule has 27 heavy (non-hydrogen) atoms. The van der Waals surface area contributed by atoms with E-state index >= 15 is 0 Å². The fourth-order valence-electron chi connectivity index (χ4n) is 3.53. The molecule has 1 aliphatic carbocycles. The van der Waals surface area contributed by atoms with Gasteiger partial charge in [0.25, 0.3) is 0 Å². The number of halogens is 1. The summed E-state index contributed by atoms with van der Waals surface area (Å²) in [4.78, 5) is 36.6. The van der Waals surface area contributed by atoms with Crippen LogP contribution in [0.3, 0.4) is 0 Å². The van der Waals surface area contributed by atoms with Crippen molar-refractivity contribution in [3.8, 4) is 0 Å². The second-order valence-electron chi connectivity index (χ2n) is 6.62. The molecule has 1 aromatic rings. The molecule has 0 radical (unpaired) electrons. The van der Waals surface area contributed by atoms with Gasteiger partial charge in [0.1, 0.15) is 5.92 Å². The van der Waals surface area contributed by atoms with Crippen molar-refractivity contribution in [3.63, 3.8) is 0 Å². The van der Waals surface area contributed by atoms with Crippen molar-refractivity contribution >= 4 is 48.6 Å². The van der Waals surface area contributed by atoms with Crippen molar-refractivity contribution in [2.45, 2.75) is 42.1 Å². The average molecular weight is 433 g/mol. The molecule has 3 rings (SSSR count). The minimum Gasteiger partial charge on any atom is -0.298 e. The summed E-state index contributed by atoms with van der Waals surface area (Å²) in [6.45, 7) is 1.35. The van der Waals surface area contributed by atoms with E-state index in [1.54, 1.807) is 0 Å². The molecule has 1 aromatic carbocycles. The molecular formula is C17H17ClO7S2. The third-order valence-corrected chi connectivity index (χ3v) is 10.7. The van der Waals surface area contributed by atoms with E-state index < -0.39 is 47.5 Å². The van der Waals surface area contributed by atoms with E-state index in [1.807, 2.05) is 0 Å². The Hall–Kier alpha value is -1.58. The molecule has 1 atom stereocenters. The first-order chi connectivity index (χ1) is 12.5. The van der Waals surface area contributed by atoms with Crippen molar-refractivity contribution in [2.75, 3.05) is 5.75 Å². The van der Waals surface area contributed by atoms with Crippen molar-refractivity contribution < 1.29 is 31.2 Å². The Morgan fingerprint density at radius 1 is 1.19 bits per heavy atom. The van der Waals surface area contributed by atoms with Gasteiger partial charge in [-0.15, -0.1) is 0 Å². The smallest absolute Gasteiger partial charge is 0.196 e. The van der Waals surface area contributed by atoms with Crippen LogP contribution >= 0.6 is 11.6 Å². The lowest BCUT2D eigenvalue weighted by molar-refractivity contribution is -0.133. The van der Waals surface area contributed by atoms with Crippen LogP contribution in [-0.4, -0.2) is 44.5 Å². The maximum Gasteiger partial charge on any atom is 0.196 e. The summed E-state index contributed by atoms with van der Waals surface area (Å²) >= 11 is 6.25. The molecule has 1 fully saturated rings. The van der Waals surface area contributed by atoms with Crippen molar-refractivity contribution in [2.24, 2.45) is 5.92 Å². The lowest BCUT2D eigenvalue weighted by atomic mass is 9.81. The van der Waals surface area contributed by atoms with Gasteiger partial charge in [-0.05, 0) is 24.1 Å². The highest BCUT2D eigenvalue weighted by Gasteiger charge is 2.47. The molecule has 0 aromatic heterocycles. The maximum atomic E-state index is 12.7. The number of fused-ring (bicyclic) bond motifs is 1. The van der Waals surface area contributed by atoms with Gasteiger partial charge in [0.15, 0.2) is 41.6 Å². The van der Waals surface area contributed by atoms with Gasteiger partial charge in [-0.1, -0.05) is 18.5 Å². The number of carbonyl (C=O) groups excluding carboxylic acids is 3. The first-order valence-electron chi connectivity index (χ1n) is 8.38. The molecule has 0 amide bonds. The van der Waals surface area contributed by atoms with Crippen LogP contribution < -0.4 is 0 Å².